The Hall–Kier alpha value is -2.89. The molecular formula is C15H16N6. The van der Waals surface area contributed by atoms with E-state index in [1.807, 2.05) is 55.6 Å². The molecule has 0 bridgehead atoms. The number of nitrogens with one attached hydrogen (secondary N) is 1. The van der Waals surface area contributed by atoms with Crippen molar-refractivity contribution in [1.82, 2.24) is 20.2 Å². The minimum absolute atomic E-state index is 0.674. The Bertz CT molecular complexity index is 749. The summed E-state index contributed by atoms with van der Waals surface area (Å²) in [6, 6.07) is 15.8. The first-order valence-electron chi connectivity index (χ1n) is 6.64. The molecule has 0 saturated heterocycles. The predicted octanol–water partition coefficient (Wildman–Crippen LogP) is 2.07. The van der Waals surface area contributed by atoms with Gasteiger partial charge >= 0.3 is 0 Å². The minimum atomic E-state index is 0.674. The number of nitrogens with zero attached hydrogens (tertiary/aromatic N) is 4. The molecule has 21 heavy (non-hydrogen) atoms. The number of benzene rings is 2. The summed E-state index contributed by atoms with van der Waals surface area (Å²) in [5.74, 6) is 0.734. The smallest absolute Gasteiger partial charge is 0.181 e. The molecular weight excluding hydrogens is 264 g/mol. The van der Waals surface area contributed by atoms with Crippen molar-refractivity contribution in [3.05, 3.63) is 54.1 Å². The van der Waals surface area contributed by atoms with Crippen molar-refractivity contribution in [1.29, 1.82) is 0 Å². The highest BCUT2D eigenvalue weighted by Crippen LogP contribution is 2.20. The average Bonchev–Trinajstić information content (AvgIpc) is 2.93. The molecule has 0 aliphatic rings. The van der Waals surface area contributed by atoms with Gasteiger partial charge in [-0.3, -0.25) is 0 Å². The van der Waals surface area contributed by atoms with Gasteiger partial charge in [0.15, 0.2) is 5.82 Å². The number of hydrogen-bond acceptors (Lipinski definition) is 5. The molecule has 106 valence electrons. The highest BCUT2D eigenvalue weighted by Gasteiger charge is 2.06. The summed E-state index contributed by atoms with van der Waals surface area (Å²) in [5.41, 5.74) is 9.77. The molecule has 0 amide bonds. The van der Waals surface area contributed by atoms with Gasteiger partial charge in [-0.1, -0.05) is 30.3 Å². The first-order chi connectivity index (χ1) is 10.2. The lowest BCUT2D eigenvalue weighted by atomic mass is 10.1. The van der Waals surface area contributed by atoms with Crippen LogP contribution < -0.4 is 11.1 Å². The number of aryl methyl sites for hydroxylation is 1. The first kappa shape index (κ1) is 13.1. The van der Waals surface area contributed by atoms with Gasteiger partial charge in [0.05, 0.1) is 0 Å². The summed E-state index contributed by atoms with van der Waals surface area (Å²) in [7, 11) is 1.82. The number of para-hydroxylation sites is 1. The van der Waals surface area contributed by atoms with Crippen LogP contribution in [0.2, 0.25) is 0 Å². The normalized spacial score (nSPS) is 10.5. The van der Waals surface area contributed by atoms with E-state index in [1.54, 1.807) is 4.68 Å². The summed E-state index contributed by atoms with van der Waals surface area (Å²) in [6.07, 6.45) is 0. The highest BCUT2D eigenvalue weighted by molar-refractivity contribution is 5.62. The monoisotopic (exact) mass is 280 g/mol. The van der Waals surface area contributed by atoms with Gasteiger partial charge in [0.1, 0.15) is 0 Å². The maximum absolute atomic E-state index is 5.94. The van der Waals surface area contributed by atoms with Crippen LogP contribution in [-0.4, -0.2) is 20.2 Å². The van der Waals surface area contributed by atoms with E-state index >= 15 is 0 Å². The fourth-order valence-corrected chi connectivity index (χ4v) is 2.13. The van der Waals surface area contributed by atoms with E-state index in [0.717, 1.165) is 28.3 Å². The molecule has 1 aromatic heterocycles. The molecule has 0 saturated carbocycles. The summed E-state index contributed by atoms with van der Waals surface area (Å²) >= 11 is 0. The van der Waals surface area contributed by atoms with Crippen LogP contribution in [0.25, 0.3) is 11.4 Å². The highest BCUT2D eigenvalue weighted by atomic mass is 15.5. The first-order valence-corrected chi connectivity index (χ1v) is 6.64. The Labute approximate surface area is 122 Å². The molecule has 3 aromatic rings. The third-order valence-electron chi connectivity index (χ3n) is 3.28. The largest absolute Gasteiger partial charge is 0.398 e. The number of tetrazole rings is 1. The number of aromatic nitrogens is 4. The fraction of sp³-hybridized carbons (Fsp3) is 0.133. The summed E-state index contributed by atoms with van der Waals surface area (Å²) in [4.78, 5) is 0. The molecule has 0 radical (unpaired) electrons. The summed E-state index contributed by atoms with van der Waals surface area (Å²) in [5, 5.41) is 14.9. The number of nitrogens with two attached hydrogens (primary N) is 1. The minimum Gasteiger partial charge on any atom is -0.398 e. The van der Waals surface area contributed by atoms with E-state index in [0.29, 0.717) is 6.54 Å². The molecule has 0 fully saturated rings. The van der Waals surface area contributed by atoms with Crippen LogP contribution in [0, 0.1) is 0 Å². The van der Waals surface area contributed by atoms with E-state index in [9.17, 15) is 0 Å². The summed E-state index contributed by atoms with van der Waals surface area (Å²) < 4.78 is 1.65. The third kappa shape index (κ3) is 2.84. The van der Waals surface area contributed by atoms with Gasteiger partial charge in [0.2, 0.25) is 0 Å². The van der Waals surface area contributed by atoms with Gasteiger partial charge in [0, 0.05) is 30.5 Å². The standard InChI is InChI=1S/C15H16N6/c1-21-15(18-19-20-21)11-6-4-7-13(9-11)17-10-12-5-2-3-8-14(12)16/h2-9,17H,10,16H2,1H3. The number of rotatable bonds is 4. The lowest BCUT2D eigenvalue weighted by Gasteiger charge is -2.09. The molecule has 3 rings (SSSR count). The molecule has 0 unspecified atom stereocenters. The molecule has 6 heteroatoms. The topological polar surface area (TPSA) is 81.7 Å². The Morgan fingerprint density at radius 2 is 2.00 bits per heavy atom. The van der Waals surface area contributed by atoms with Gasteiger partial charge in [-0.05, 0) is 34.2 Å². The molecule has 2 aromatic carbocycles. The Kier molecular flexibility index (Phi) is 3.51. The van der Waals surface area contributed by atoms with Crippen molar-refractivity contribution < 1.29 is 0 Å². The van der Waals surface area contributed by atoms with Crippen LogP contribution in [0.1, 0.15) is 5.56 Å². The maximum atomic E-state index is 5.94. The molecule has 0 aliphatic carbocycles. The Morgan fingerprint density at radius 1 is 1.14 bits per heavy atom. The molecule has 1 heterocycles. The van der Waals surface area contributed by atoms with Crippen molar-refractivity contribution in [2.24, 2.45) is 7.05 Å². The van der Waals surface area contributed by atoms with E-state index in [1.165, 1.54) is 0 Å². The Morgan fingerprint density at radius 3 is 2.76 bits per heavy atom. The second-order valence-corrected chi connectivity index (χ2v) is 4.76. The van der Waals surface area contributed by atoms with Gasteiger partial charge in [-0.15, -0.1) is 5.10 Å². The molecule has 0 atom stereocenters. The van der Waals surface area contributed by atoms with E-state index in [2.05, 4.69) is 20.8 Å². The second kappa shape index (κ2) is 5.62. The maximum Gasteiger partial charge on any atom is 0.181 e. The zero-order valence-corrected chi connectivity index (χ0v) is 11.7. The quantitative estimate of drug-likeness (QED) is 0.715. The van der Waals surface area contributed by atoms with E-state index < -0.39 is 0 Å². The number of anilines is 2. The van der Waals surface area contributed by atoms with Crippen molar-refractivity contribution in [3.63, 3.8) is 0 Å². The molecule has 3 N–H and O–H groups in total. The third-order valence-corrected chi connectivity index (χ3v) is 3.28. The van der Waals surface area contributed by atoms with Crippen molar-refractivity contribution in [2.75, 3.05) is 11.1 Å². The molecule has 6 nitrogen and oxygen atoms in total. The summed E-state index contributed by atoms with van der Waals surface area (Å²) in [6.45, 7) is 0.674. The van der Waals surface area contributed by atoms with Gasteiger partial charge in [-0.2, -0.15) is 0 Å². The lowest BCUT2D eigenvalue weighted by molar-refractivity contribution is 0.714. The van der Waals surface area contributed by atoms with Crippen LogP contribution in [0.5, 0.6) is 0 Å². The van der Waals surface area contributed by atoms with Gasteiger partial charge in [-0.25, -0.2) is 4.68 Å². The fourth-order valence-electron chi connectivity index (χ4n) is 2.13. The van der Waals surface area contributed by atoms with Gasteiger partial charge in [0.25, 0.3) is 0 Å². The average molecular weight is 280 g/mol. The predicted molar refractivity (Wildman–Crippen MR) is 82.4 cm³/mol. The van der Waals surface area contributed by atoms with Crippen molar-refractivity contribution in [2.45, 2.75) is 6.54 Å². The van der Waals surface area contributed by atoms with Crippen LogP contribution in [0.15, 0.2) is 48.5 Å². The molecule has 0 aliphatic heterocycles. The van der Waals surface area contributed by atoms with Crippen molar-refractivity contribution >= 4 is 11.4 Å². The zero-order valence-electron chi connectivity index (χ0n) is 11.7. The molecule has 0 spiro atoms. The van der Waals surface area contributed by atoms with Crippen LogP contribution in [-0.2, 0) is 13.6 Å². The van der Waals surface area contributed by atoms with Crippen LogP contribution >= 0.6 is 0 Å². The SMILES string of the molecule is Cn1nnnc1-c1cccc(NCc2ccccc2N)c1. The number of nitrogen functional groups attached to an aromatic ring is 1. The van der Waals surface area contributed by atoms with E-state index in [-0.39, 0.29) is 0 Å². The van der Waals surface area contributed by atoms with E-state index in [4.69, 9.17) is 5.73 Å². The zero-order chi connectivity index (χ0) is 14.7. The van der Waals surface area contributed by atoms with Crippen LogP contribution in [0.3, 0.4) is 0 Å². The van der Waals surface area contributed by atoms with Crippen LogP contribution in [0.4, 0.5) is 11.4 Å². The Balaban J connectivity index is 1.78. The van der Waals surface area contributed by atoms with Crippen molar-refractivity contribution in [3.8, 4) is 11.4 Å². The second-order valence-electron chi connectivity index (χ2n) is 4.76. The number of hydrogen-bond donors (Lipinski definition) is 2. The van der Waals surface area contributed by atoms with Gasteiger partial charge < -0.3 is 11.1 Å². The lowest BCUT2D eigenvalue weighted by Crippen LogP contribution is -2.03.